The molecule has 4 nitrogen and oxygen atoms in total. The maximum atomic E-state index is 12.2. The Morgan fingerprint density at radius 3 is 2.59 bits per heavy atom. The molecule has 2 aromatic rings. The molecule has 0 amide bonds. The third-order valence-corrected chi connectivity index (χ3v) is 3.61. The van der Waals surface area contributed by atoms with Gasteiger partial charge in [-0.1, -0.05) is 23.2 Å². The molecule has 1 aromatic heterocycles. The third-order valence-electron chi connectivity index (χ3n) is 3.11. The topological polar surface area (TPSA) is 48.4 Å². The average Bonchev–Trinajstić information content (AvgIpc) is 2.44. The molecular formula is C16H15Cl2NO3. The Morgan fingerprint density at radius 1 is 1.23 bits per heavy atom. The van der Waals surface area contributed by atoms with Crippen LogP contribution in [0.25, 0.3) is 0 Å². The maximum absolute atomic E-state index is 12.2. The minimum absolute atomic E-state index is 0.0339. The van der Waals surface area contributed by atoms with Crippen LogP contribution in [0.5, 0.6) is 5.75 Å². The lowest BCUT2D eigenvalue weighted by Crippen LogP contribution is -2.10. The molecule has 0 bridgehead atoms. The molecule has 0 spiro atoms. The van der Waals surface area contributed by atoms with E-state index in [1.165, 1.54) is 0 Å². The molecule has 1 aromatic carbocycles. The normalized spacial score (nSPS) is 10.4. The summed E-state index contributed by atoms with van der Waals surface area (Å²) in [5, 5.41) is 0.679. The summed E-state index contributed by atoms with van der Waals surface area (Å²) in [5.74, 6) is 0.0686. The Bertz CT molecular complexity index is 694. The molecule has 6 heteroatoms. The summed E-state index contributed by atoms with van der Waals surface area (Å²) in [5.41, 5.74) is 2.42. The number of benzene rings is 1. The van der Waals surface area contributed by atoms with Crippen molar-refractivity contribution in [3.63, 3.8) is 0 Å². The molecule has 0 unspecified atom stereocenters. The van der Waals surface area contributed by atoms with Crippen LogP contribution >= 0.6 is 23.2 Å². The first kappa shape index (κ1) is 16.6. The van der Waals surface area contributed by atoms with E-state index in [-0.39, 0.29) is 17.3 Å². The molecule has 116 valence electrons. The number of hydrogen-bond acceptors (Lipinski definition) is 4. The zero-order chi connectivity index (χ0) is 16.3. The molecule has 2 rings (SSSR count). The van der Waals surface area contributed by atoms with Crippen molar-refractivity contribution in [3.05, 3.63) is 56.8 Å². The Kier molecular flexibility index (Phi) is 5.27. The van der Waals surface area contributed by atoms with Crippen LogP contribution < -0.4 is 4.74 Å². The van der Waals surface area contributed by atoms with Crippen molar-refractivity contribution >= 4 is 29.2 Å². The SMILES string of the molecule is COc1ccc(Cl)cc1COC(=O)c1c(C)cc(C)nc1Cl. The molecule has 0 radical (unpaired) electrons. The molecular weight excluding hydrogens is 325 g/mol. The number of esters is 1. The quantitative estimate of drug-likeness (QED) is 0.612. The number of hydrogen-bond donors (Lipinski definition) is 0. The van der Waals surface area contributed by atoms with Crippen LogP contribution in [-0.4, -0.2) is 18.1 Å². The van der Waals surface area contributed by atoms with E-state index in [9.17, 15) is 4.79 Å². The smallest absolute Gasteiger partial charge is 0.341 e. The van der Waals surface area contributed by atoms with Crippen LogP contribution in [0.4, 0.5) is 0 Å². The predicted octanol–water partition coefficient (Wildman–Crippen LogP) is 4.37. The second-order valence-corrected chi connectivity index (χ2v) is 5.57. The molecule has 0 aliphatic heterocycles. The maximum Gasteiger partial charge on any atom is 0.341 e. The molecule has 0 aliphatic rings. The first-order chi connectivity index (χ1) is 10.4. The van der Waals surface area contributed by atoms with Gasteiger partial charge in [0.1, 0.15) is 17.5 Å². The molecule has 0 aliphatic carbocycles. The van der Waals surface area contributed by atoms with Crippen molar-refractivity contribution in [2.45, 2.75) is 20.5 Å². The summed E-state index contributed by atoms with van der Waals surface area (Å²) < 4.78 is 10.5. The van der Waals surface area contributed by atoms with Crippen molar-refractivity contribution in [2.75, 3.05) is 7.11 Å². The Hall–Kier alpha value is -1.78. The predicted molar refractivity (Wildman–Crippen MR) is 85.8 cm³/mol. The van der Waals surface area contributed by atoms with E-state index in [1.54, 1.807) is 38.3 Å². The summed E-state index contributed by atoms with van der Waals surface area (Å²) in [4.78, 5) is 16.3. The Morgan fingerprint density at radius 2 is 1.95 bits per heavy atom. The van der Waals surface area contributed by atoms with Gasteiger partial charge < -0.3 is 9.47 Å². The second-order valence-electron chi connectivity index (χ2n) is 4.78. The highest BCUT2D eigenvalue weighted by Crippen LogP contribution is 2.25. The Balaban J connectivity index is 2.19. The van der Waals surface area contributed by atoms with Crippen LogP contribution in [0.15, 0.2) is 24.3 Å². The van der Waals surface area contributed by atoms with Crippen molar-refractivity contribution in [2.24, 2.45) is 0 Å². The van der Waals surface area contributed by atoms with E-state index in [0.29, 0.717) is 16.3 Å². The van der Waals surface area contributed by atoms with Gasteiger partial charge >= 0.3 is 5.97 Å². The minimum Gasteiger partial charge on any atom is -0.496 e. The minimum atomic E-state index is -0.531. The summed E-state index contributed by atoms with van der Waals surface area (Å²) in [7, 11) is 1.54. The number of carbonyl (C=O) groups is 1. The van der Waals surface area contributed by atoms with Gasteiger partial charge in [-0.15, -0.1) is 0 Å². The van der Waals surface area contributed by atoms with E-state index < -0.39 is 5.97 Å². The van der Waals surface area contributed by atoms with Gasteiger partial charge in [0.15, 0.2) is 0 Å². The van der Waals surface area contributed by atoms with Crippen LogP contribution in [0.3, 0.4) is 0 Å². The molecule has 0 N–H and O–H groups in total. The van der Waals surface area contributed by atoms with E-state index >= 15 is 0 Å². The average molecular weight is 340 g/mol. The number of pyridine rings is 1. The second kappa shape index (κ2) is 6.99. The number of methoxy groups -OCH3 is 1. The number of halogens is 2. The summed E-state index contributed by atoms with van der Waals surface area (Å²) >= 11 is 12.0. The van der Waals surface area contributed by atoms with Gasteiger partial charge in [0, 0.05) is 16.3 Å². The fourth-order valence-corrected chi connectivity index (χ4v) is 2.67. The number of aryl methyl sites for hydroxylation is 2. The highest BCUT2D eigenvalue weighted by atomic mass is 35.5. The summed E-state index contributed by atoms with van der Waals surface area (Å²) in [6.07, 6.45) is 0. The fourth-order valence-electron chi connectivity index (χ4n) is 2.11. The lowest BCUT2D eigenvalue weighted by atomic mass is 10.1. The van der Waals surface area contributed by atoms with Crippen LogP contribution in [0.1, 0.15) is 27.2 Å². The fraction of sp³-hybridized carbons (Fsp3) is 0.250. The summed E-state index contributed by atoms with van der Waals surface area (Å²) in [6.45, 7) is 3.63. The molecule has 0 saturated carbocycles. The lowest BCUT2D eigenvalue weighted by Gasteiger charge is -2.11. The molecule has 22 heavy (non-hydrogen) atoms. The largest absolute Gasteiger partial charge is 0.496 e. The monoisotopic (exact) mass is 339 g/mol. The zero-order valence-electron chi connectivity index (χ0n) is 12.4. The Labute approximate surface area is 139 Å². The zero-order valence-corrected chi connectivity index (χ0v) is 14.0. The summed E-state index contributed by atoms with van der Waals surface area (Å²) in [6, 6.07) is 6.89. The van der Waals surface area contributed by atoms with Crippen LogP contribution in [0.2, 0.25) is 10.2 Å². The molecule has 0 atom stereocenters. The lowest BCUT2D eigenvalue weighted by molar-refractivity contribution is 0.0469. The number of carbonyl (C=O) groups excluding carboxylic acids is 1. The molecule has 1 heterocycles. The van der Waals surface area contributed by atoms with E-state index in [2.05, 4.69) is 4.98 Å². The van der Waals surface area contributed by atoms with Crippen molar-refractivity contribution in [1.82, 2.24) is 4.98 Å². The first-order valence-electron chi connectivity index (χ1n) is 6.55. The van der Waals surface area contributed by atoms with E-state index in [1.807, 2.05) is 6.92 Å². The first-order valence-corrected chi connectivity index (χ1v) is 7.31. The third kappa shape index (κ3) is 3.70. The van der Waals surface area contributed by atoms with E-state index in [0.717, 1.165) is 11.3 Å². The van der Waals surface area contributed by atoms with Gasteiger partial charge in [-0.3, -0.25) is 0 Å². The van der Waals surface area contributed by atoms with Gasteiger partial charge in [0.05, 0.1) is 12.7 Å². The number of aromatic nitrogens is 1. The van der Waals surface area contributed by atoms with Gasteiger partial charge in [0.25, 0.3) is 0 Å². The highest BCUT2D eigenvalue weighted by Gasteiger charge is 2.17. The van der Waals surface area contributed by atoms with Crippen LogP contribution in [0, 0.1) is 13.8 Å². The van der Waals surface area contributed by atoms with Gasteiger partial charge in [0.2, 0.25) is 0 Å². The van der Waals surface area contributed by atoms with Crippen LogP contribution in [-0.2, 0) is 11.3 Å². The van der Waals surface area contributed by atoms with Crippen molar-refractivity contribution in [3.8, 4) is 5.75 Å². The molecule has 0 fully saturated rings. The molecule has 0 saturated heterocycles. The highest BCUT2D eigenvalue weighted by molar-refractivity contribution is 6.32. The van der Waals surface area contributed by atoms with Gasteiger partial charge in [-0.2, -0.15) is 0 Å². The standard InChI is InChI=1S/C16H15Cl2NO3/c1-9-6-10(2)19-15(18)14(9)16(20)22-8-11-7-12(17)4-5-13(11)21-3/h4-7H,8H2,1-3H3. The van der Waals surface area contributed by atoms with E-state index in [4.69, 9.17) is 32.7 Å². The number of ether oxygens (including phenoxy) is 2. The number of rotatable bonds is 4. The van der Waals surface area contributed by atoms with Crippen molar-refractivity contribution in [1.29, 1.82) is 0 Å². The number of nitrogens with zero attached hydrogens (tertiary/aromatic N) is 1. The van der Waals surface area contributed by atoms with Crippen molar-refractivity contribution < 1.29 is 14.3 Å². The van der Waals surface area contributed by atoms with Gasteiger partial charge in [-0.25, -0.2) is 9.78 Å². The van der Waals surface area contributed by atoms with Gasteiger partial charge in [-0.05, 0) is 43.7 Å².